The summed E-state index contributed by atoms with van der Waals surface area (Å²) in [6.07, 6.45) is 1.83. The molecule has 0 spiro atoms. The number of nitrogens with one attached hydrogen (secondary N) is 4. The first kappa shape index (κ1) is 19.6. The molecule has 4 N–H and O–H groups in total. The molecule has 152 valence electrons. The third-order valence-electron chi connectivity index (χ3n) is 5.41. The second-order valence-electron chi connectivity index (χ2n) is 7.32. The number of H-pyrrole nitrogens is 1. The highest BCUT2D eigenvalue weighted by molar-refractivity contribution is 6.02. The molecule has 0 bridgehead atoms. The first-order chi connectivity index (χ1) is 14.6. The minimum Gasteiger partial charge on any atom is -0.355 e. The quantitative estimate of drug-likeness (QED) is 0.534. The second-order valence-corrected chi connectivity index (χ2v) is 7.32. The van der Waals surface area contributed by atoms with Crippen LogP contribution in [0.25, 0.3) is 22.0 Å². The minimum atomic E-state index is -0.223. The molecule has 8 nitrogen and oxygen atoms in total. The molecule has 1 fully saturated rings. The number of aromatic amines is 1. The Labute approximate surface area is 173 Å². The van der Waals surface area contributed by atoms with E-state index >= 15 is 0 Å². The average Bonchev–Trinajstić information content (AvgIpc) is 3.20. The highest BCUT2D eigenvalue weighted by Gasteiger charge is 2.22. The van der Waals surface area contributed by atoms with Crippen molar-refractivity contribution in [3.05, 3.63) is 47.5 Å². The number of hydrogen-bond donors (Lipinski definition) is 4. The Hall–Kier alpha value is -3.70. The van der Waals surface area contributed by atoms with Gasteiger partial charge in [0.15, 0.2) is 5.82 Å². The van der Waals surface area contributed by atoms with Gasteiger partial charge in [0.05, 0.1) is 23.1 Å². The predicted octanol–water partition coefficient (Wildman–Crippen LogP) is 2.40. The summed E-state index contributed by atoms with van der Waals surface area (Å²) in [6, 6.07) is 12.7. The van der Waals surface area contributed by atoms with Gasteiger partial charge in [-0.3, -0.25) is 14.7 Å². The fourth-order valence-corrected chi connectivity index (χ4v) is 3.74. The van der Waals surface area contributed by atoms with Gasteiger partial charge in [-0.2, -0.15) is 10.4 Å². The third-order valence-corrected chi connectivity index (χ3v) is 5.41. The number of anilines is 1. The van der Waals surface area contributed by atoms with Gasteiger partial charge in [0.1, 0.15) is 0 Å². The number of nitriles is 1. The van der Waals surface area contributed by atoms with Crippen molar-refractivity contribution >= 4 is 28.5 Å². The predicted molar refractivity (Wildman–Crippen MR) is 114 cm³/mol. The summed E-state index contributed by atoms with van der Waals surface area (Å²) in [5.41, 5.74) is 3.12. The van der Waals surface area contributed by atoms with E-state index in [2.05, 4.69) is 32.2 Å². The molecule has 1 saturated heterocycles. The van der Waals surface area contributed by atoms with Gasteiger partial charge in [0, 0.05) is 30.1 Å². The normalized spacial score (nSPS) is 16.1. The van der Waals surface area contributed by atoms with Crippen molar-refractivity contribution in [2.24, 2.45) is 5.92 Å². The molecule has 0 unspecified atom stereocenters. The van der Waals surface area contributed by atoms with Gasteiger partial charge in [-0.05, 0) is 55.3 Å². The highest BCUT2D eigenvalue weighted by Crippen LogP contribution is 2.30. The van der Waals surface area contributed by atoms with Crippen LogP contribution in [0, 0.1) is 17.2 Å². The molecule has 0 saturated carbocycles. The molecule has 2 heterocycles. The SMILES string of the molecule is CNC(=O)c1ccc(C#N)c(-c2ccc3[nH]nc(NC(=O)[C@@H]4CCCNC4)c3c2)c1. The van der Waals surface area contributed by atoms with E-state index in [1.807, 2.05) is 18.2 Å². The number of piperidine rings is 1. The molecular formula is C22H22N6O2. The molecule has 1 aliphatic rings. The standard InChI is InChI=1S/C22H22N6O2/c1-24-21(29)14-4-5-15(11-23)17(10-14)13-6-7-19-18(9-13)20(28-27-19)26-22(30)16-3-2-8-25-12-16/h4-7,9-10,16,25H,2-3,8,12H2,1H3,(H,24,29)(H2,26,27,28,30)/t16-/m1/s1. The Bertz CT molecular complexity index is 1150. The first-order valence-electron chi connectivity index (χ1n) is 9.87. The van der Waals surface area contributed by atoms with Crippen LogP contribution >= 0.6 is 0 Å². The lowest BCUT2D eigenvalue weighted by Gasteiger charge is -2.21. The van der Waals surface area contributed by atoms with Crippen molar-refractivity contribution in [3.8, 4) is 17.2 Å². The van der Waals surface area contributed by atoms with Crippen molar-refractivity contribution in [2.75, 3.05) is 25.5 Å². The van der Waals surface area contributed by atoms with E-state index in [9.17, 15) is 14.9 Å². The topological polar surface area (TPSA) is 123 Å². The van der Waals surface area contributed by atoms with E-state index in [0.717, 1.165) is 35.9 Å². The van der Waals surface area contributed by atoms with E-state index in [-0.39, 0.29) is 17.7 Å². The monoisotopic (exact) mass is 402 g/mol. The Kier molecular flexibility index (Phi) is 5.46. The summed E-state index contributed by atoms with van der Waals surface area (Å²) in [5.74, 6) is 0.103. The number of fused-ring (bicyclic) bond motifs is 1. The van der Waals surface area contributed by atoms with Crippen molar-refractivity contribution in [1.82, 2.24) is 20.8 Å². The Morgan fingerprint density at radius 3 is 2.83 bits per heavy atom. The molecule has 1 atom stereocenters. The molecule has 0 radical (unpaired) electrons. The Balaban J connectivity index is 1.70. The minimum absolute atomic E-state index is 0.0552. The smallest absolute Gasteiger partial charge is 0.251 e. The third kappa shape index (κ3) is 3.75. The van der Waals surface area contributed by atoms with Crippen molar-refractivity contribution in [1.29, 1.82) is 5.26 Å². The number of aromatic nitrogens is 2. The van der Waals surface area contributed by atoms with Crippen LogP contribution in [0.3, 0.4) is 0 Å². The lowest BCUT2D eigenvalue weighted by molar-refractivity contribution is -0.120. The Morgan fingerprint density at radius 1 is 1.23 bits per heavy atom. The maximum atomic E-state index is 12.6. The van der Waals surface area contributed by atoms with Crippen LogP contribution in [0.2, 0.25) is 0 Å². The molecule has 1 aliphatic heterocycles. The van der Waals surface area contributed by atoms with Crippen LogP contribution in [0.15, 0.2) is 36.4 Å². The van der Waals surface area contributed by atoms with Crippen LogP contribution in [0.4, 0.5) is 5.82 Å². The number of benzene rings is 2. The largest absolute Gasteiger partial charge is 0.355 e. The molecule has 30 heavy (non-hydrogen) atoms. The number of hydrogen-bond acceptors (Lipinski definition) is 5. The maximum Gasteiger partial charge on any atom is 0.251 e. The number of nitrogens with zero attached hydrogens (tertiary/aromatic N) is 2. The fourth-order valence-electron chi connectivity index (χ4n) is 3.74. The van der Waals surface area contributed by atoms with Gasteiger partial charge in [-0.15, -0.1) is 0 Å². The van der Waals surface area contributed by atoms with E-state index in [0.29, 0.717) is 29.1 Å². The summed E-state index contributed by atoms with van der Waals surface area (Å²) in [6.45, 7) is 1.60. The number of carbonyl (C=O) groups excluding carboxylic acids is 2. The molecule has 8 heteroatoms. The van der Waals surface area contributed by atoms with Gasteiger partial charge >= 0.3 is 0 Å². The van der Waals surface area contributed by atoms with Crippen molar-refractivity contribution in [3.63, 3.8) is 0 Å². The van der Waals surface area contributed by atoms with Crippen LogP contribution in [-0.4, -0.2) is 42.1 Å². The molecule has 2 aromatic carbocycles. The number of carbonyl (C=O) groups is 2. The molecule has 0 aliphatic carbocycles. The molecule has 1 aromatic heterocycles. The van der Waals surface area contributed by atoms with Crippen molar-refractivity contribution < 1.29 is 9.59 Å². The summed E-state index contributed by atoms with van der Waals surface area (Å²) in [4.78, 5) is 24.7. The van der Waals surface area contributed by atoms with Gasteiger partial charge in [0.25, 0.3) is 5.91 Å². The molecule has 3 aromatic rings. The van der Waals surface area contributed by atoms with Crippen molar-refractivity contribution in [2.45, 2.75) is 12.8 Å². The van der Waals surface area contributed by atoms with E-state index in [1.165, 1.54) is 0 Å². The fraction of sp³-hybridized carbons (Fsp3) is 0.273. The summed E-state index contributed by atoms with van der Waals surface area (Å²) < 4.78 is 0. The highest BCUT2D eigenvalue weighted by atomic mass is 16.2. The van der Waals surface area contributed by atoms with Crippen LogP contribution < -0.4 is 16.0 Å². The zero-order valence-corrected chi connectivity index (χ0v) is 16.6. The van der Waals surface area contributed by atoms with Gasteiger partial charge in [-0.25, -0.2) is 0 Å². The van der Waals surface area contributed by atoms with Crippen LogP contribution in [0.5, 0.6) is 0 Å². The molecular weight excluding hydrogens is 380 g/mol. The second kappa shape index (κ2) is 8.35. The molecule has 4 rings (SSSR count). The molecule has 2 amide bonds. The van der Waals surface area contributed by atoms with Gasteiger partial charge in [0.2, 0.25) is 5.91 Å². The zero-order valence-electron chi connectivity index (χ0n) is 16.6. The number of rotatable bonds is 4. The van der Waals surface area contributed by atoms with Crippen LogP contribution in [-0.2, 0) is 4.79 Å². The van der Waals surface area contributed by atoms with Crippen LogP contribution in [0.1, 0.15) is 28.8 Å². The average molecular weight is 402 g/mol. The zero-order chi connectivity index (χ0) is 21.1. The summed E-state index contributed by atoms with van der Waals surface area (Å²) in [7, 11) is 1.56. The first-order valence-corrected chi connectivity index (χ1v) is 9.87. The van der Waals surface area contributed by atoms with E-state index in [1.54, 1.807) is 25.2 Å². The van der Waals surface area contributed by atoms with Gasteiger partial charge in [-0.1, -0.05) is 6.07 Å². The van der Waals surface area contributed by atoms with Gasteiger partial charge < -0.3 is 16.0 Å². The number of amides is 2. The lowest BCUT2D eigenvalue weighted by Crippen LogP contribution is -2.37. The van der Waals surface area contributed by atoms with E-state index in [4.69, 9.17) is 0 Å². The Morgan fingerprint density at radius 2 is 2.10 bits per heavy atom. The summed E-state index contributed by atoms with van der Waals surface area (Å²) >= 11 is 0. The lowest BCUT2D eigenvalue weighted by atomic mass is 9.96. The van der Waals surface area contributed by atoms with E-state index < -0.39 is 0 Å². The maximum absolute atomic E-state index is 12.6. The summed E-state index contributed by atoms with van der Waals surface area (Å²) in [5, 5.41) is 26.2.